The minimum absolute atomic E-state index is 0.188. The quantitative estimate of drug-likeness (QED) is 0.845. The highest BCUT2D eigenvalue weighted by Gasteiger charge is 2.09. The van der Waals surface area contributed by atoms with Crippen LogP contribution in [0.3, 0.4) is 0 Å². The number of carbonyl (C=O) groups excluding carboxylic acids is 1. The molecule has 0 aliphatic carbocycles. The SMILES string of the molecule is Cc1c(N)cccc1CNC(=O)c1ccccc1Cl. The first-order valence-corrected chi connectivity index (χ1v) is 6.34. The van der Waals surface area contributed by atoms with Gasteiger partial charge >= 0.3 is 0 Å². The number of carbonyl (C=O) groups is 1. The fourth-order valence-corrected chi connectivity index (χ4v) is 2.03. The lowest BCUT2D eigenvalue weighted by atomic mass is 10.1. The molecule has 0 aliphatic heterocycles. The lowest BCUT2D eigenvalue weighted by Gasteiger charge is -2.10. The Balaban J connectivity index is 2.09. The topological polar surface area (TPSA) is 55.1 Å². The summed E-state index contributed by atoms with van der Waals surface area (Å²) in [6.45, 7) is 2.37. The summed E-state index contributed by atoms with van der Waals surface area (Å²) >= 11 is 5.98. The summed E-state index contributed by atoms with van der Waals surface area (Å²) in [5.41, 5.74) is 9.02. The van der Waals surface area contributed by atoms with Crippen LogP contribution in [0.1, 0.15) is 21.5 Å². The zero-order valence-corrected chi connectivity index (χ0v) is 11.4. The number of nitrogen functional groups attached to an aromatic ring is 1. The number of hydrogen-bond donors (Lipinski definition) is 2. The molecule has 0 bridgehead atoms. The van der Waals surface area contributed by atoms with E-state index < -0.39 is 0 Å². The average molecular weight is 275 g/mol. The van der Waals surface area contributed by atoms with Crippen molar-refractivity contribution < 1.29 is 4.79 Å². The van der Waals surface area contributed by atoms with E-state index in [0.29, 0.717) is 17.1 Å². The standard InChI is InChI=1S/C15H15ClN2O/c1-10-11(5-4-8-14(10)17)9-18-15(19)12-6-2-3-7-13(12)16/h2-8H,9,17H2,1H3,(H,18,19). The van der Waals surface area contributed by atoms with Crippen molar-refractivity contribution in [3.8, 4) is 0 Å². The van der Waals surface area contributed by atoms with Gasteiger partial charge in [0, 0.05) is 12.2 Å². The van der Waals surface area contributed by atoms with Crippen LogP contribution in [0.5, 0.6) is 0 Å². The molecule has 2 aromatic rings. The molecule has 3 nitrogen and oxygen atoms in total. The van der Waals surface area contributed by atoms with Gasteiger partial charge in [-0.15, -0.1) is 0 Å². The molecule has 19 heavy (non-hydrogen) atoms. The molecule has 0 saturated carbocycles. The van der Waals surface area contributed by atoms with Gasteiger partial charge < -0.3 is 11.1 Å². The van der Waals surface area contributed by atoms with Gasteiger partial charge in [0.25, 0.3) is 5.91 Å². The second-order valence-corrected chi connectivity index (χ2v) is 4.70. The normalized spacial score (nSPS) is 10.2. The average Bonchev–Trinajstić information content (AvgIpc) is 2.40. The van der Waals surface area contributed by atoms with E-state index in [1.165, 1.54) is 0 Å². The Morgan fingerprint density at radius 2 is 1.95 bits per heavy atom. The van der Waals surface area contributed by atoms with Gasteiger partial charge in [0.15, 0.2) is 0 Å². The first kappa shape index (κ1) is 13.4. The van der Waals surface area contributed by atoms with Crippen molar-refractivity contribution >= 4 is 23.2 Å². The molecule has 98 valence electrons. The number of anilines is 1. The molecule has 0 aromatic heterocycles. The van der Waals surface area contributed by atoms with Gasteiger partial charge in [-0.05, 0) is 36.2 Å². The summed E-state index contributed by atoms with van der Waals surface area (Å²) in [5.74, 6) is -0.188. The largest absolute Gasteiger partial charge is 0.399 e. The van der Waals surface area contributed by atoms with Crippen LogP contribution >= 0.6 is 11.6 Å². The highest BCUT2D eigenvalue weighted by atomic mass is 35.5. The first-order chi connectivity index (χ1) is 9.09. The second kappa shape index (κ2) is 5.76. The van der Waals surface area contributed by atoms with E-state index in [1.54, 1.807) is 24.3 Å². The molecule has 0 saturated heterocycles. The molecule has 0 aliphatic rings. The van der Waals surface area contributed by atoms with E-state index in [2.05, 4.69) is 5.32 Å². The summed E-state index contributed by atoms with van der Waals surface area (Å²) in [7, 11) is 0. The zero-order chi connectivity index (χ0) is 13.8. The summed E-state index contributed by atoms with van der Waals surface area (Å²) in [4.78, 5) is 12.0. The molecule has 2 rings (SSSR count). The summed E-state index contributed by atoms with van der Waals surface area (Å²) in [6, 6.07) is 12.6. The fourth-order valence-electron chi connectivity index (χ4n) is 1.81. The monoisotopic (exact) mass is 274 g/mol. The molecule has 3 N–H and O–H groups in total. The Bertz CT molecular complexity index is 611. The number of hydrogen-bond acceptors (Lipinski definition) is 2. The Kier molecular flexibility index (Phi) is 4.07. The number of amides is 1. The maximum Gasteiger partial charge on any atom is 0.253 e. The van der Waals surface area contributed by atoms with Crippen LogP contribution < -0.4 is 11.1 Å². The van der Waals surface area contributed by atoms with Gasteiger partial charge in [-0.2, -0.15) is 0 Å². The smallest absolute Gasteiger partial charge is 0.253 e. The highest BCUT2D eigenvalue weighted by molar-refractivity contribution is 6.33. The van der Waals surface area contributed by atoms with Gasteiger partial charge in [0.05, 0.1) is 10.6 Å². The molecule has 0 atom stereocenters. The molecule has 1 amide bonds. The van der Waals surface area contributed by atoms with Crippen LogP contribution in [0.4, 0.5) is 5.69 Å². The number of halogens is 1. The predicted octanol–water partition coefficient (Wildman–Crippen LogP) is 3.16. The van der Waals surface area contributed by atoms with Crippen LogP contribution in [0, 0.1) is 6.92 Å². The predicted molar refractivity (Wildman–Crippen MR) is 78.2 cm³/mol. The van der Waals surface area contributed by atoms with Crippen LogP contribution in [0.25, 0.3) is 0 Å². The van der Waals surface area contributed by atoms with Crippen LogP contribution in [-0.4, -0.2) is 5.91 Å². The van der Waals surface area contributed by atoms with E-state index in [-0.39, 0.29) is 5.91 Å². The Morgan fingerprint density at radius 1 is 1.21 bits per heavy atom. The Labute approximate surface area is 117 Å². The van der Waals surface area contributed by atoms with Crippen molar-refractivity contribution in [3.05, 3.63) is 64.2 Å². The van der Waals surface area contributed by atoms with E-state index in [9.17, 15) is 4.79 Å². The summed E-state index contributed by atoms with van der Waals surface area (Å²) < 4.78 is 0. The van der Waals surface area contributed by atoms with Crippen molar-refractivity contribution in [1.82, 2.24) is 5.32 Å². The van der Waals surface area contributed by atoms with Crippen molar-refractivity contribution in [2.24, 2.45) is 0 Å². The fraction of sp³-hybridized carbons (Fsp3) is 0.133. The minimum Gasteiger partial charge on any atom is -0.399 e. The maximum atomic E-state index is 12.0. The van der Waals surface area contributed by atoms with Crippen molar-refractivity contribution in [2.75, 3.05) is 5.73 Å². The lowest BCUT2D eigenvalue weighted by molar-refractivity contribution is 0.0951. The molecule has 0 fully saturated rings. The zero-order valence-electron chi connectivity index (χ0n) is 10.6. The van der Waals surface area contributed by atoms with Gasteiger partial charge in [0.2, 0.25) is 0 Å². The third-order valence-electron chi connectivity index (χ3n) is 3.05. The van der Waals surface area contributed by atoms with Crippen molar-refractivity contribution in [1.29, 1.82) is 0 Å². The molecule has 0 heterocycles. The van der Waals surface area contributed by atoms with Gasteiger partial charge in [-0.3, -0.25) is 4.79 Å². The molecule has 0 spiro atoms. The van der Waals surface area contributed by atoms with Crippen LogP contribution in [0.15, 0.2) is 42.5 Å². The number of nitrogens with two attached hydrogens (primary N) is 1. The number of rotatable bonds is 3. The number of benzene rings is 2. The third-order valence-corrected chi connectivity index (χ3v) is 3.38. The van der Waals surface area contributed by atoms with Gasteiger partial charge in [-0.25, -0.2) is 0 Å². The van der Waals surface area contributed by atoms with Crippen molar-refractivity contribution in [3.63, 3.8) is 0 Å². The molecule has 4 heteroatoms. The first-order valence-electron chi connectivity index (χ1n) is 5.96. The molecular weight excluding hydrogens is 260 g/mol. The minimum atomic E-state index is -0.188. The van der Waals surface area contributed by atoms with E-state index >= 15 is 0 Å². The van der Waals surface area contributed by atoms with E-state index in [0.717, 1.165) is 16.8 Å². The Morgan fingerprint density at radius 3 is 2.68 bits per heavy atom. The van der Waals surface area contributed by atoms with Crippen LogP contribution in [-0.2, 0) is 6.54 Å². The third kappa shape index (κ3) is 3.06. The van der Waals surface area contributed by atoms with E-state index in [4.69, 9.17) is 17.3 Å². The lowest BCUT2D eigenvalue weighted by Crippen LogP contribution is -2.23. The molecule has 0 unspecified atom stereocenters. The highest BCUT2D eigenvalue weighted by Crippen LogP contribution is 2.17. The van der Waals surface area contributed by atoms with Crippen molar-refractivity contribution in [2.45, 2.75) is 13.5 Å². The van der Waals surface area contributed by atoms with Crippen LogP contribution in [0.2, 0.25) is 5.02 Å². The molecular formula is C15H15ClN2O. The van der Waals surface area contributed by atoms with E-state index in [1.807, 2.05) is 25.1 Å². The van der Waals surface area contributed by atoms with Gasteiger partial charge in [-0.1, -0.05) is 35.9 Å². The maximum absolute atomic E-state index is 12.0. The summed E-state index contributed by atoms with van der Waals surface area (Å²) in [6.07, 6.45) is 0. The number of nitrogens with one attached hydrogen (secondary N) is 1. The Hall–Kier alpha value is -2.00. The van der Waals surface area contributed by atoms with Gasteiger partial charge in [0.1, 0.15) is 0 Å². The summed E-state index contributed by atoms with van der Waals surface area (Å²) in [5, 5.41) is 3.29. The molecule has 0 radical (unpaired) electrons. The molecule has 2 aromatic carbocycles. The second-order valence-electron chi connectivity index (χ2n) is 4.29.